The maximum atomic E-state index is 10.2. The lowest BCUT2D eigenvalue weighted by molar-refractivity contribution is -0.135. The Labute approximate surface area is 107 Å². The predicted molar refractivity (Wildman–Crippen MR) is 72.0 cm³/mol. The Hall–Kier alpha value is -1.85. The van der Waals surface area contributed by atoms with Gasteiger partial charge in [-0.05, 0) is 37.6 Å². The minimum Gasteiger partial charge on any atom is -0.502 e. The van der Waals surface area contributed by atoms with Crippen LogP contribution in [0.3, 0.4) is 0 Å². The molecule has 0 aliphatic carbocycles. The summed E-state index contributed by atoms with van der Waals surface area (Å²) in [5, 5.41) is 17.2. The van der Waals surface area contributed by atoms with Crippen molar-refractivity contribution in [1.29, 1.82) is 0 Å². The van der Waals surface area contributed by atoms with Crippen LogP contribution < -0.4 is 11.5 Å². The van der Waals surface area contributed by atoms with E-state index in [4.69, 9.17) is 21.7 Å². The van der Waals surface area contributed by atoms with E-state index in [0.717, 1.165) is 25.9 Å². The van der Waals surface area contributed by atoms with E-state index in [2.05, 4.69) is 0 Å². The SMILES string of the molecule is NCCCCN.O=C(O)C(O)=Cc1ccccc1. The first-order valence-corrected chi connectivity index (χ1v) is 5.71. The van der Waals surface area contributed by atoms with E-state index in [1.165, 1.54) is 6.08 Å². The van der Waals surface area contributed by atoms with Crippen molar-refractivity contribution in [3.8, 4) is 0 Å². The van der Waals surface area contributed by atoms with Crippen LogP contribution in [-0.4, -0.2) is 29.3 Å². The lowest BCUT2D eigenvalue weighted by Gasteiger charge is -1.92. The fourth-order valence-corrected chi connectivity index (χ4v) is 1.06. The summed E-state index contributed by atoms with van der Waals surface area (Å²) in [4.78, 5) is 10.2. The molecule has 0 bridgehead atoms. The second kappa shape index (κ2) is 10.3. The Kier molecular flexibility index (Phi) is 9.25. The lowest BCUT2D eigenvalue weighted by Crippen LogP contribution is -2.03. The van der Waals surface area contributed by atoms with Crippen LogP contribution in [0.5, 0.6) is 0 Å². The van der Waals surface area contributed by atoms with Crippen molar-refractivity contribution >= 4 is 12.0 Å². The highest BCUT2D eigenvalue weighted by molar-refractivity contribution is 5.89. The standard InChI is InChI=1S/C9H8O3.C4H12N2/c10-8(9(11)12)6-7-4-2-1-3-5-7;5-3-1-2-4-6/h1-6,10H,(H,11,12);1-6H2. The molecule has 6 N–H and O–H groups in total. The van der Waals surface area contributed by atoms with Gasteiger partial charge in [0, 0.05) is 0 Å². The average molecular weight is 252 g/mol. The summed E-state index contributed by atoms with van der Waals surface area (Å²) in [6.45, 7) is 1.55. The number of rotatable bonds is 5. The van der Waals surface area contributed by atoms with Crippen molar-refractivity contribution in [1.82, 2.24) is 0 Å². The zero-order chi connectivity index (χ0) is 13.8. The van der Waals surface area contributed by atoms with Crippen molar-refractivity contribution < 1.29 is 15.0 Å². The summed E-state index contributed by atoms with van der Waals surface area (Å²) in [6.07, 6.45) is 3.33. The molecule has 0 amide bonds. The van der Waals surface area contributed by atoms with Gasteiger partial charge in [0.05, 0.1) is 0 Å². The molecule has 1 aromatic rings. The largest absolute Gasteiger partial charge is 0.502 e. The lowest BCUT2D eigenvalue weighted by atomic mass is 10.2. The molecule has 18 heavy (non-hydrogen) atoms. The third-order valence-electron chi connectivity index (χ3n) is 1.98. The summed E-state index contributed by atoms with van der Waals surface area (Å²) in [5.41, 5.74) is 11.0. The summed E-state index contributed by atoms with van der Waals surface area (Å²) >= 11 is 0. The molecule has 1 aromatic carbocycles. The third kappa shape index (κ3) is 8.32. The van der Waals surface area contributed by atoms with Gasteiger partial charge in [0.15, 0.2) is 0 Å². The highest BCUT2D eigenvalue weighted by atomic mass is 16.4. The van der Waals surface area contributed by atoms with Gasteiger partial charge in [0.1, 0.15) is 0 Å². The summed E-state index contributed by atoms with van der Waals surface area (Å²) in [6, 6.07) is 8.76. The molecule has 100 valence electrons. The average Bonchev–Trinajstić information content (AvgIpc) is 2.38. The van der Waals surface area contributed by atoms with Crippen LogP contribution in [0, 0.1) is 0 Å². The number of aliphatic hydroxyl groups is 1. The molecule has 0 aliphatic heterocycles. The van der Waals surface area contributed by atoms with E-state index < -0.39 is 11.7 Å². The maximum absolute atomic E-state index is 10.2. The number of aliphatic carboxylic acids is 1. The number of hydrogen-bond acceptors (Lipinski definition) is 4. The van der Waals surface area contributed by atoms with Gasteiger partial charge in [0.25, 0.3) is 0 Å². The van der Waals surface area contributed by atoms with E-state index >= 15 is 0 Å². The molecule has 5 heteroatoms. The molecular formula is C13H20N2O3. The monoisotopic (exact) mass is 252 g/mol. The minimum atomic E-state index is -1.32. The number of benzene rings is 1. The van der Waals surface area contributed by atoms with Crippen LogP contribution in [0.25, 0.3) is 6.08 Å². The predicted octanol–water partition coefficient (Wildman–Crippen LogP) is 1.35. The number of carboxylic acids is 1. The van der Waals surface area contributed by atoms with E-state index in [1.807, 2.05) is 6.07 Å². The first kappa shape index (κ1) is 16.1. The fraction of sp³-hybridized carbons (Fsp3) is 0.308. The van der Waals surface area contributed by atoms with Crippen molar-refractivity contribution in [2.24, 2.45) is 11.5 Å². The molecule has 0 saturated carbocycles. The number of carbonyl (C=O) groups is 1. The molecule has 1 rings (SSSR count). The highest BCUT2D eigenvalue weighted by Crippen LogP contribution is 2.03. The maximum Gasteiger partial charge on any atom is 0.370 e. The zero-order valence-corrected chi connectivity index (χ0v) is 10.2. The van der Waals surface area contributed by atoms with E-state index in [-0.39, 0.29) is 0 Å². The Morgan fingerprint density at radius 1 is 1.06 bits per heavy atom. The number of nitrogens with two attached hydrogens (primary N) is 2. The number of carboxylic acid groups (broad SMARTS) is 1. The van der Waals surface area contributed by atoms with Crippen molar-refractivity contribution in [2.75, 3.05) is 13.1 Å². The van der Waals surface area contributed by atoms with Crippen molar-refractivity contribution in [3.63, 3.8) is 0 Å². The molecule has 0 atom stereocenters. The van der Waals surface area contributed by atoms with Crippen LogP contribution in [0.2, 0.25) is 0 Å². The van der Waals surface area contributed by atoms with Gasteiger partial charge in [-0.3, -0.25) is 0 Å². The molecule has 5 nitrogen and oxygen atoms in total. The third-order valence-corrected chi connectivity index (χ3v) is 1.98. The molecule has 0 spiro atoms. The molecule has 0 saturated heterocycles. The van der Waals surface area contributed by atoms with Crippen LogP contribution >= 0.6 is 0 Å². The first-order valence-electron chi connectivity index (χ1n) is 5.71. The molecule has 0 aliphatic rings. The number of aliphatic hydroxyl groups excluding tert-OH is 1. The summed E-state index contributed by atoms with van der Waals surface area (Å²) in [5.74, 6) is -1.97. The second-order valence-electron chi connectivity index (χ2n) is 3.53. The van der Waals surface area contributed by atoms with Gasteiger partial charge < -0.3 is 21.7 Å². The van der Waals surface area contributed by atoms with E-state index in [9.17, 15) is 4.79 Å². The Morgan fingerprint density at radius 2 is 1.56 bits per heavy atom. The second-order valence-corrected chi connectivity index (χ2v) is 3.53. The van der Waals surface area contributed by atoms with Crippen LogP contribution in [0.15, 0.2) is 36.1 Å². The van der Waals surface area contributed by atoms with Crippen molar-refractivity contribution in [3.05, 3.63) is 41.7 Å². The van der Waals surface area contributed by atoms with Crippen LogP contribution in [-0.2, 0) is 4.79 Å². The Morgan fingerprint density at radius 3 is 1.94 bits per heavy atom. The van der Waals surface area contributed by atoms with Crippen molar-refractivity contribution in [2.45, 2.75) is 12.8 Å². The Bertz CT molecular complexity index is 360. The zero-order valence-electron chi connectivity index (χ0n) is 10.2. The quantitative estimate of drug-likeness (QED) is 0.359. The molecule has 0 unspecified atom stereocenters. The summed E-state index contributed by atoms with van der Waals surface area (Å²) < 4.78 is 0. The molecule has 0 heterocycles. The minimum absolute atomic E-state index is 0.652. The fourth-order valence-electron chi connectivity index (χ4n) is 1.06. The number of hydrogen-bond donors (Lipinski definition) is 4. The van der Waals surface area contributed by atoms with Crippen LogP contribution in [0.4, 0.5) is 0 Å². The number of unbranched alkanes of at least 4 members (excludes halogenated alkanes) is 1. The van der Waals surface area contributed by atoms with E-state index in [1.54, 1.807) is 24.3 Å². The van der Waals surface area contributed by atoms with Gasteiger partial charge in [-0.15, -0.1) is 0 Å². The normalized spacial score (nSPS) is 10.4. The van der Waals surface area contributed by atoms with Gasteiger partial charge in [-0.2, -0.15) is 0 Å². The van der Waals surface area contributed by atoms with E-state index in [0.29, 0.717) is 5.56 Å². The smallest absolute Gasteiger partial charge is 0.370 e. The molecule has 0 fully saturated rings. The Balaban J connectivity index is 0.000000411. The summed E-state index contributed by atoms with van der Waals surface area (Å²) in [7, 11) is 0. The highest BCUT2D eigenvalue weighted by Gasteiger charge is 2.01. The molecule has 0 radical (unpaired) electrons. The van der Waals surface area contributed by atoms with Gasteiger partial charge in [-0.25, -0.2) is 4.79 Å². The topological polar surface area (TPSA) is 110 Å². The molecular weight excluding hydrogens is 232 g/mol. The molecule has 0 aromatic heterocycles. The van der Waals surface area contributed by atoms with Gasteiger partial charge in [0.2, 0.25) is 5.76 Å². The van der Waals surface area contributed by atoms with Gasteiger partial charge in [-0.1, -0.05) is 30.3 Å². The van der Waals surface area contributed by atoms with Gasteiger partial charge >= 0.3 is 5.97 Å². The first-order chi connectivity index (χ1) is 8.61. The van der Waals surface area contributed by atoms with Crippen LogP contribution in [0.1, 0.15) is 18.4 Å².